The van der Waals surface area contributed by atoms with E-state index in [9.17, 15) is 4.79 Å². The highest BCUT2D eigenvalue weighted by Gasteiger charge is 2.12. The topological polar surface area (TPSA) is 68.0 Å². The van der Waals surface area contributed by atoms with E-state index in [0.717, 1.165) is 15.4 Å². The van der Waals surface area contributed by atoms with Crippen molar-refractivity contribution in [1.29, 1.82) is 0 Å². The molecule has 3 N–H and O–H groups in total. The lowest BCUT2D eigenvalue weighted by Crippen LogP contribution is -2.24. The van der Waals surface area contributed by atoms with Gasteiger partial charge in [-0.1, -0.05) is 12.1 Å². The maximum absolute atomic E-state index is 12.1. The Kier molecular flexibility index (Phi) is 3.62. The molecular formula is C13H15N3OS. The van der Waals surface area contributed by atoms with Crippen LogP contribution in [0.1, 0.15) is 25.8 Å². The van der Waals surface area contributed by atoms with E-state index in [2.05, 4.69) is 10.3 Å². The average Bonchev–Trinajstić information content (AvgIpc) is 2.72. The molecule has 2 rings (SSSR count). The summed E-state index contributed by atoms with van der Waals surface area (Å²) < 4.78 is 0. The Bertz CT molecular complexity index is 557. The first kappa shape index (κ1) is 12.6. The lowest BCUT2D eigenvalue weighted by Gasteiger charge is -2.09. The summed E-state index contributed by atoms with van der Waals surface area (Å²) in [5, 5.41) is 3.86. The Morgan fingerprint density at radius 3 is 2.83 bits per heavy atom. The first-order valence-corrected chi connectivity index (χ1v) is 6.44. The molecule has 1 aromatic heterocycles. The second kappa shape index (κ2) is 5.18. The normalized spacial score (nSPS) is 10.3. The van der Waals surface area contributed by atoms with Gasteiger partial charge in [0.2, 0.25) is 0 Å². The van der Waals surface area contributed by atoms with Gasteiger partial charge >= 0.3 is 0 Å². The van der Waals surface area contributed by atoms with E-state index in [1.807, 2.05) is 26.0 Å². The van der Waals surface area contributed by atoms with Gasteiger partial charge in [-0.15, -0.1) is 11.3 Å². The van der Waals surface area contributed by atoms with Crippen LogP contribution in [0.3, 0.4) is 0 Å². The Balaban J connectivity index is 2.08. The predicted molar refractivity (Wildman–Crippen MR) is 73.6 cm³/mol. The van der Waals surface area contributed by atoms with Crippen LogP contribution in [-0.4, -0.2) is 10.9 Å². The molecule has 94 valence electrons. The zero-order chi connectivity index (χ0) is 13.1. The van der Waals surface area contributed by atoms with Crippen molar-refractivity contribution in [3.8, 4) is 0 Å². The van der Waals surface area contributed by atoms with E-state index in [4.69, 9.17) is 5.73 Å². The molecule has 0 fully saturated rings. The van der Waals surface area contributed by atoms with Crippen LogP contribution in [0, 0.1) is 13.8 Å². The average molecular weight is 261 g/mol. The van der Waals surface area contributed by atoms with Crippen LogP contribution in [0.5, 0.6) is 0 Å². The first-order valence-electron chi connectivity index (χ1n) is 5.62. The van der Waals surface area contributed by atoms with Gasteiger partial charge in [0.15, 0.2) is 0 Å². The minimum absolute atomic E-state index is 0.142. The molecule has 0 aliphatic rings. The Morgan fingerprint density at radius 1 is 1.44 bits per heavy atom. The summed E-state index contributed by atoms with van der Waals surface area (Å²) in [6.45, 7) is 4.30. The third kappa shape index (κ3) is 2.68. The number of hydrogen-bond donors (Lipinski definition) is 2. The minimum atomic E-state index is -0.142. The fourth-order valence-electron chi connectivity index (χ4n) is 1.74. The number of benzene rings is 1. The summed E-state index contributed by atoms with van der Waals surface area (Å²) in [5.41, 5.74) is 7.77. The summed E-state index contributed by atoms with van der Waals surface area (Å²) in [6.07, 6.45) is 1.78. The molecular weight excluding hydrogens is 246 g/mol. The molecule has 1 aromatic carbocycles. The highest BCUT2D eigenvalue weighted by Crippen LogP contribution is 2.17. The van der Waals surface area contributed by atoms with Crippen molar-refractivity contribution in [2.45, 2.75) is 20.4 Å². The molecule has 0 saturated carbocycles. The van der Waals surface area contributed by atoms with Crippen LogP contribution in [0.4, 0.5) is 5.69 Å². The molecule has 0 saturated heterocycles. The standard InChI is InChI=1S/C13H15N3OS/c1-8-4-3-5-11(14)12(8)13(17)16-7-10-6-15-9(2)18-10/h3-6H,7,14H2,1-2H3,(H,16,17). The predicted octanol–water partition coefficient (Wildman–Crippen LogP) is 2.27. The summed E-state index contributed by atoms with van der Waals surface area (Å²) in [7, 11) is 0. The van der Waals surface area contributed by atoms with Gasteiger partial charge in [0.1, 0.15) is 0 Å². The second-order valence-electron chi connectivity index (χ2n) is 4.07. The number of anilines is 1. The van der Waals surface area contributed by atoms with Gasteiger partial charge in [-0.25, -0.2) is 4.98 Å². The number of nitrogens with one attached hydrogen (secondary N) is 1. The summed E-state index contributed by atoms with van der Waals surface area (Å²) in [5.74, 6) is -0.142. The molecule has 0 spiro atoms. The zero-order valence-electron chi connectivity index (χ0n) is 10.4. The lowest BCUT2D eigenvalue weighted by molar-refractivity contribution is 0.0951. The van der Waals surface area contributed by atoms with Crippen molar-refractivity contribution >= 4 is 22.9 Å². The van der Waals surface area contributed by atoms with Crippen molar-refractivity contribution in [3.63, 3.8) is 0 Å². The number of aryl methyl sites for hydroxylation is 2. The summed E-state index contributed by atoms with van der Waals surface area (Å²) in [4.78, 5) is 17.2. The fraction of sp³-hybridized carbons (Fsp3) is 0.231. The van der Waals surface area contributed by atoms with Crippen molar-refractivity contribution in [1.82, 2.24) is 10.3 Å². The van der Waals surface area contributed by atoms with Gasteiger partial charge in [-0.3, -0.25) is 4.79 Å². The molecule has 5 heteroatoms. The van der Waals surface area contributed by atoms with Crippen molar-refractivity contribution in [2.24, 2.45) is 0 Å². The SMILES string of the molecule is Cc1ncc(CNC(=O)c2c(C)cccc2N)s1. The molecule has 4 nitrogen and oxygen atoms in total. The van der Waals surface area contributed by atoms with Crippen molar-refractivity contribution < 1.29 is 4.79 Å². The van der Waals surface area contributed by atoms with E-state index in [1.54, 1.807) is 23.6 Å². The van der Waals surface area contributed by atoms with Gasteiger partial charge < -0.3 is 11.1 Å². The molecule has 1 heterocycles. The molecule has 18 heavy (non-hydrogen) atoms. The number of nitrogens with two attached hydrogens (primary N) is 1. The quantitative estimate of drug-likeness (QED) is 0.833. The van der Waals surface area contributed by atoms with E-state index in [1.165, 1.54) is 0 Å². The number of aromatic nitrogens is 1. The second-order valence-corrected chi connectivity index (χ2v) is 5.39. The monoisotopic (exact) mass is 261 g/mol. The maximum Gasteiger partial charge on any atom is 0.253 e. The van der Waals surface area contributed by atoms with Crippen molar-refractivity contribution in [2.75, 3.05) is 5.73 Å². The number of nitrogen functional groups attached to an aromatic ring is 1. The van der Waals surface area contributed by atoms with Crippen LogP contribution in [0.15, 0.2) is 24.4 Å². The van der Waals surface area contributed by atoms with Gasteiger partial charge in [-0.05, 0) is 25.5 Å². The molecule has 0 unspecified atom stereocenters. The number of rotatable bonds is 3. The third-order valence-electron chi connectivity index (χ3n) is 2.62. The largest absolute Gasteiger partial charge is 0.398 e. The van der Waals surface area contributed by atoms with E-state index < -0.39 is 0 Å². The van der Waals surface area contributed by atoms with Gasteiger partial charge in [0.25, 0.3) is 5.91 Å². The van der Waals surface area contributed by atoms with Crippen LogP contribution >= 0.6 is 11.3 Å². The van der Waals surface area contributed by atoms with E-state index in [-0.39, 0.29) is 5.91 Å². The fourth-order valence-corrected chi connectivity index (χ4v) is 2.48. The van der Waals surface area contributed by atoms with Crippen LogP contribution < -0.4 is 11.1 Å². The van der Waals surface area contributed by atoms with Crippen LogP contribution in [0.25, 0.3) is 0 Å². The van der Waals surface area contributed by atoms with Crippen LogP contribution in [0.2, 0.25) is 0 Å². The Morgan fingerprint density at radius 2 is 2.22 bits per heavy atom. The van der Waals surface area contributed by atoms with Crippen LogP contribution in [-0.2, 0) is 6.54 Å². The smallest absolute Gasteiger partial charge is 0.253 e. The molecule has 0 aliphatic heterocycles. The molecule has 0 bridgehead atoms. The summed E-state index contributed by atoms with van der Waals surface area (Å²) in [6, 6.07) is 5.45. The number of carbonyl (C=O) groups is 1. The number of amides is 1. The van der Waals surface area contributed by atoms with E-state index in [0.29, 0.717) is 17.8 Å². The van der Waals surface area contributed by atoms with E-state index >= 15 is 0 Å². The Labute approximate surface area is 110 Å². The van der Waals surface area contributed by atoms with Gasteiger partial charge in [-0.2, -0.15) is 0 Å². The van der Waals surface area contributed by atoms with Crippen molar-refractivity contribution in [3.05, 3.63) is 45.4 Å². The number of hydrogen-bond acceptors (Lipinski definition) is 4. The number of thiazole rings is 1. The van der Waals surface area contributed by atoms with Gasteiger partial charge in [0, 0.05) is 16.8 Å². The summed E-state index contributed by atoms with van der Waals surface area (Å²) >= 11 is 1.58. The number of nitrogens with zero attached hydrogens (tertiary/aromatic N) is 1. The number of carbonyl (C=O) groups excluding carboxylic acids is 1. The zero-order valence-corrected chi connectivity index (χ0v) is 11.2. The highest BCUT2D eigenvalue weighted by molar-refractivity contribution is 7.11. The maximum atomic E-state index is 12.1. The highest BCUT2D eigenvalue weighted by atomic mass is 32.1. The van der Waals surface area contributed by atoms with Gasteiger partial charge in [0.05, 0.1) is 17.1 Å². The third-order valence-corrected chi connectivity index (χ3v) is 3.54. The Hall–Kier alpha value is -1.88. The molecule has 0 aliphatic carbocycles. The molecule has 0 radical (unpaired) electrons. The minimum Gasteiger partial charge on any atom is -0.398 e. The lowest BCUT2D eigenvalue weighted by atomic mass is 10.1. The molecule has 2 aromatic rings. The molecule has 1 amide bonds. The molecule has 0 atom stereocenters. The first-order chi connectivity index (χ1) is 8.58.